The third-order valence-corrected chi connectivity index (χ3v) is 11.6. The lowest BCUT2D eigenvalue weighted by molar-refractivity contribution is -0.529. The van der Waals surface area contributed by atoms with Crippen molar-refractivity contribution in [1.82, 2.24) is 10.8 Å². The minimum atomic E-state index is -1.06. The molecule has 14 nitrogen and oxygen atoms in total. The highest BCUT2D eigenvalue weighted by molar-refractivity contribution is 5.85. The SMILES string of the molecule is CC1CC(CC2CCC(NC(=O)C3CC([N+](=O)[O-])CCC3C(=O)O)C(C)C2)CCC1NOCC1CC([N+](=O)[O-])CCC1COO. The van der Waals surface area contributed by atoms with Crippen LogP contribution in [0.4, 0.5) is 0 Å². The van der Waals surface area contributed by atoms with Crippen molar-refractivity contribution in [3.05, 3.63) is 20.2 Å². The van der Waals surface area contributed by atoms with E-state index in [1.165, 1.54) is 0 Å². The van der Waals surface area contributed by atoms with Crippen molar-refractivity contribution in [3.8, 4) is 0 Å². The molecule has 14 heteroatoms. The third kappa shape index (κ3) is 9.55. The fourth-order valence-electron chi connectivity index (χ4n) is 8.79. The topological polar surface area (TPSA) is 203 Å². The second-order valence-electron chi connectivity index (χ2n) is 14.6. The van der Waals surface area contributed by atoms with E-state index in [-0.39, 0.29) is 71.5 Å². The van der Waals surface area contributed by atoms with Crippen LogP contribution in [0.15, 0.2) is 0 Å². The van der Waals surface area contributed by atoms with Crippen LogP contribution in [0.5, 0.6) is 0 Å². The van der Waals surface area contributed by atoms with Gasteiger partial charge in [-0.3, -0.25) is 35.1 Å². The first-order valence-electron chi connectivity index (χ1n) is 16.9. The molecule has 0 radical (unpaired) electrons. The van der Waals surface area contributed by atoms with Crippen LogP contribution in [0.3, 0.4) is 0 Å². The molecule has 12 unspecified atom stereocenters. The highest BCUT2D eigenvalue weighted by Gasteiger charge is 2.44. The first kappa shape index (κ1) is 35.4. The van der Waals surface area contributed by atoms with E-state index in [1.54, 1.807) is 0 Å². The van der Waals surface area contributed by atoms with Gasteiger partial charge in [-0.1, -0.05) is 13.8 Å². The van der Waals surface area contributed by atoms with Gasteiger partial charge >= 0.3 is 5.97 Å². The summed E-state index contributed by atoms with van der Waals surface area (Å²) in [6.45, 7) is 4.86. The largest absolute Gasteiger partial charge is 0.481 e. The molecule has 12 atom stereocenters. The Hall–Kier alpha value is -2.42. The molecular weight excluding hydrogens is 588 g/mol. The molecule has 4 rings (SSSR count). The predicted molar refractivity (Wildman–Crippen MR) is 162 cm³/mol. The molecule has 4 saturated carbocycles. The normalized spacial score (nSPS) is 39.1. The van der Waals surface area contributed by atoms with Gasteiger partial charge in [-0.25, -0.2) is 4.89 Å². The van der Waals surface area contributed by atoms with Crippen LogP contribution in [0, 0.1) is 67.6 Å². The zero-order valence-electron chi connectivity index (χ0n) is 26.6. The summed E-state index contributed by atoms with van der Waals surface area (Å²) in [7, 11) is 0. The van der Waals surface area contributed by atoms with Crippen LogP contribution in [0.2, 0.25) is 0 Å². The molecule has 0 spiro atoms. The number of rotatable bonds is 13. The summed E-state index contributed by atoms with van der Waals surface area (Å²) < 4.78 is 0. The van der Waals surface area contributed by atoms with Gasteiger partial charge in [-0.15, -0.1) is 0 Å². The highest BCUT2D eigenvalue weighted by Crippen LogP contribution is 2.40. The van der Waals surface area contributed by atoms with Gasteiger partial charge < -0.3 is 15.3 Å². The van der Waals surface area contributed by atoms with E-state index in [0.717, 1.165) is 44.9 Å². The summed E-state index contributed by atoms with van der Waals surface area (Å²) in [5.41, 5.74) is 3.24. The number of aliphatic carboxylic acids is 1. The molecule has 4 fully saturated rings. The molecule has 0 aromatic heterocycles. The van der Waals surface area contributed by atoms with E-state index >= 15 is 0 Å². The second kappa shape index (κ2) is 16.4. The fourth-order valence-corrected chi connectivity index (χ4v) is 8.79. The van der Waals surface area contributed by atoms with Crippen LogP contribution in [0.25, 0.3) is 0 Å². The zero-order chi connectivity index (χ0) is 32.7. The molecule has 45 heavy (non-hydrogen) atoms. The molecule has 4 N–H and O–H groups in total. The van der Waals surface area contributed by atoms with Crippen molar-refractivity contribution < 1.29 is 39.5 Å². The fraction of sp³-hybridized carbons (Fsp3) is 0.935. The summed E-state index contributed by atoms with van der Waals surface area (Å²) in [5.74, 6) is -1.39. The Morgan fingerprint density at radius 2 is 1.36 bits per heavy atom. The maximum Gasteiger partial charge on any atom is 0.307 e. The molecule has 4 aliphatic rings. The van der Waals surface area contributed by atoms with E-state index in [0.29, 0.717) is 43.6 Å². The number of hydrogen-bond donors (Lipinski definition) is 4. The van der Waals surface area contributed by atoms with E-state index in [9.17, 15) is 34.9 Å². The molecule has 0 aliphatic heterocycles. The van der Waals surface area contributed by atoms with Gasteiger partial charge in [0.2, 0.25) is 18.0 Å². The average molecular weight is 641 g/mol. The van der Waals surface area contributed by atoms with Gasteiger partial charge in [0.1, 0.15) is 0 Å². The Kier molecular flexibility index (Phi) is 12.9. The first-order chi connectivity index (χ1) is 21.5. The number of carboxylic acid groups (broad SMARTS) is 1. The quantitative estimate of drug-likeness (QED) is 0.127. The predicted octanol–water partition coefficient (Wildman–Crippen LogP) is 4.32. The average Bonchev–Trinajstić information content (AvgIpc) is 2.99. The third-order valence-electron chi connectivity index (χ3n) is 11.6. The Labute approximate surface area is 264 Å². The lowest BCUT2D eigenvalue weighted by Crippen LogP contribution is -2.50. The molecule has 1 amide bonds. The van der Waals surface area contributed by atoms with Crippen LogP contribution < -0.4 is 10.8 Å². The molecule has 0 saturated heterocycles. The van der Waals surface area contributed by atoms with Crippen LogP contribution in [0.1, 0.15) is 97.3 Å². The minimum Gasteiger partial charge on any atom is -0.481 e. The number of nitrogens with zero attached hydrogens (tertiary/aromatic N) is 2. The number of carboxylic acids is 1. The first-order valence-corrected chi connectivity index (χ1v) is 16.9. The van der Waals surface area contributed by atoms with Crippen LogP contribution in [-0.4, -0.2) is 69.5 Å². The Morgan fingerprint density at radius 3 is 1.93 bits per heavy atom. The Balaban J connectivity index is 1.18. The van der Waals surface area contributed by atoms with Crippen LogP contribution in [-0.2, 0) is 19.3 Å². The standard InChI is InChI=1S/C31H52N4O10/c1-18-11-20(3-9-28(18)32-30(36)27-15-25(35(41)42)7-8-26(27)31(37)38)13-21-4-10-29(19(2)12-21)33-44-16-23-14-24(34(39)40)6-5-22(23)17-45-43/h18-29,33,43H,3-17H2,1-2H3,(H,32,36)(H,37,38). The summed E-state index contributed by atoms with van der Waals surface area (Å²) >= 11 is 0. The minimum absolute atomic E-state index is 0.0257. The summed E-state index contributed by atoms with van der Waals surface area (Å²) in [4.78, 5) is 57.2. The number of amides is 1. The molecule has 0 aromatic carbocycles. The number of hydrogen-bond acceptors (Lipinski definition) is 10. The number of nitro groups is 2. The zero-order valence-corrected chi connectivity index (χ0v) is 26.6. The lowest BCUT2D eigenvalue weighted by atomic mass is 9.70. The molecule has 256 valence electrons. The van der Waals surface area contributed by atoms with Crippen molar-refractivity contribution in [2.45, 2.75) is 121 Å². The number of hydroxylamine groups is 1. The summed E-state index contributed by atoms with van der Waals surface area (Å²) in [6.07, 6.45) is 8.91. The van der Waals surface area contributed by atoms with Crippen molar-refractivity contribution in [2.24, 2.45) is 47.3 Å². The van der Waals surface area contributed by atoms with Crippen molar-refractivity contribution in [3.63, 3.8) is 0 Å². The van der Waals surface area contributed by atoms with Gasteiger partial charge in [-0.2, -0.15) is 5.48 Å². The molecule has 0 bridgehead atoms. The van der Waals surface area contributed by atoms with Crippen molar-refractivity contribution in [2.75, 3.05) is 13.2 Å². The lowest BCUT2D eigenvalue weighted by Gasteiger charge is -2.40. The molecular formula is C31H52N4O10. The molecule has 4 aliphatic carbocycles. The van der Waals surface area contributed by atoms with Gasteiger partial charge in [0.25, 0.3) is 0 Å². The monoisotopic (exact) mass is 640 g/mol. The molecule has 0 heterocycles. The van der Waals surface area contributed by atoms with E-state index in [2.05, 4.69) is 29.5 Å². The van der Waals surface area contributed by atoms with E-state index in [4.69, 9.17) is 10.1 Å². The van der Waals surface area contributed by atoms with Gasteiger partial charge in [0, 0.05) is 47.6 Å². The number of carbonyl (C=O) groups excluding carboxylic acids is 1. The summed E-state index contributed by atoms with van der Waals surface area (Å²) in [6, 6.07) is -1.30. The van der Waals surface area contributed by atoms with Crippen molar-refractivity contribution >= 4 is 11.9 Å². The highest BCUT2D eigenvalue weighted by atomic mass is 17.1. The Bertz CT molecular complexity index is 1030. The summed E-state index contributed by atoms with van der Waals surface area (Å²) in [5, 5.41) is 44.3. The molecule has 0 aromatic rings. The number of nitrogens with one attached hydrogen (secondary N) is 2. The van der Waals surface area contributed by atoms with E-state index in [1.807, 2.05) is 0 Å². The smallest absolute Gasteiger partial charge is 0.307 e. The number of carbonyl (C=O) groups is 2. The maximum absolute atomic E-state index is 13.2. The second-order valence-corrected chi connectivity index (χ2v) is 14.6. The Morgan fingerprint density at radius 1 is 0.756 bits per heavy atom. The van der Waals surface area contributed by atoms with Crippen LogP contribution >= 0.6 is 0 Å². The van der Waals surface area contributed by atoms with Gasteiger partial charge in [0.15, 0.2) is 0 Å². The van der Waals surface area contributed by atoms with E-state index < -0.39 is 29.9 Å². The maximum atomic E-state index is 13.2. The van der Waals surface area contributed by atoms with Gasteiger partial charge in [0.05, 0.1) is 25.0 Å². The van der Waals surface area contributed by atoms with Crippen molar-refractivity contribution in [1.29, 1.82) is 0 Å². The van der Waals surface area contributed by atoms with Gasteiger partial charge in [-0.05, 0) is 93.3 Å².